The number of rotatable bonds is 3. The van der Waals surface area contributed by atoms with Gasteiger partial charge in [0.15, 0.2) is 0 Å². The Morgan fingerprint density at radius 2 is 1.70 bits per heavy atom. The van der Waals surface area contributed by atoms with Crippen LogP contribution in [0.25, 0.3) is 11.1 Å². The number of aryl methyl sites for hydroxylation is 2. The molecule has 0 aromatic heterocycles. The van der Waals surface area contributed by atoms with Crippen molar-refractivity contribution in [3.05, 3.63) is 52.8 Å². The fourth-order valence-electron chi connectivity index (χ4n) is 2.31. The summed E-state index contributed by atoms with van der Waals surface area (Å²) in [5.74, 6) is -1.20. The maximum atomic E-state index is 13.7. The molecule has 0 spiro atoms. The number of hydrogen-bond donors (Lipinski definition) is 1. The number of carboxylic acids is 1. The average Bonchev–Trinajstić information content (AvgIpc) is 2.37. The molecular weight excluding hydrogens is 259 g/mol. The van der Waals surface area contributed by atoms with Gasteiger partial charge in [-0.1, -0.05) is 6.07 Å². The molecule has 0 fully saturated rings. The monoisotopic (exact) mass is 274 g/mol. The number of methoxy groups -OCH3 is 1. The molecule has 0 radical (unpaired) electrons. The van der Waals surface area contributed by atoms with Gasteiger partial charge in [-0.25, -0.2) is 9.18 Å². The predicted molar refractivity (Wildman–Crippen MR) is 74.8 cm³/mol. The molecule has 0 aliphatic heterocycles. The van der Waals surface area contributed by atoms with Gasteiger partial charge in [-0.3, -0.25) is 0 Å². The van der Waals surface area contributed by atoms with E-state index in [0.717, 1.165) is 22.4 Å². The lowest BCUT2D eigenvalue weighted by molar-refractivity contribution is 0.0692. The van der Waals surface area contributed by atoms with Gasteiger partial charge in [0.1, 0.15) is 11.6 Å². The molecule has 20 heavy (non-hydrogen) atoms. The maximum absolute atomic E-state index is 13.7. The fourth-order valence-corrected chi connectivity index (χ4v) is 2.31. The molecule has 0 saturated heterocycles. The van der Waals surface area contributed by atoms with Gasteiger partial charge in [0.05, 0.1) is 12.7 Å². The Labute approximate surface area is 116 Å². The third-order valence-electron chi connectivity index (χ3n) is 3.20. The maximum Gasteiger partial charge on any atom is 0.338 e. The summed E-state index contributed by atoms with van der Waals surface area (Å²) in [6, 6.07) is 7.90. The molecule has 0 amide bonds. The molecule has 0 atom stereocenters. The molecular formula is C16H15FO3. The molecule has 2 aromatic carbocycles. The first-order valence-corrected chi connectivity index (χ1v) is 6.12. The first kappa shape index (κ1) is 14.1. The van der Waals surface area contributed by atoms with Crippen molar-refractivity contribution in [2.45, 2.75) is 13.8 Å². The number of ether oxygens (including phenoxy) is 1. The molecule has 0 aliphatic rings. The van der Waals surface area contributed by atoms with Gasteiger partial charge in [-0.2, -0.15) is 0 Å². The molecule has 4 heteroatoms. The summed E-state index contributed by atoms with van der Waals surface area (Å²) in [7, 11) is 1.61. The van der Waals surface area contributed by atoms with Crippen molar-refractivity contribution >= 4 is 5.97 Å². The second-order valence-electron chi connectivity index (χ2n) is 4.64. The van der Waals surface area contributed by atoms with E-state index < -0.39 is 11.8 Å². The Balaban J connectivity index is 2.52. The van der Waals surface area contributed by atoms with Crippen LogP contribution in [0, 0.1) is 19.7 Å². The lowest BCUT2D eigenvalue weighted by Crippen LogP contribution is -2.00. The van der Waals surface area contributed by atoms with E-state index in [4.69, 9.17) is 9.84 Å². The van der Waals surface area contributed by atoms with Crippen LogP contribution in [0.5, 0.6) is 5.75 Å². The average molecular weight is 274 g/mol. The lowest BCUT2D eigenvalue weighted by atomic mass is 9.98. The predicted octanol–water partition coefficient (Wildman–Crippen LogP) is 3.82. The van der Waals surface area contributed by atoms with Crippen LogP contribution in [0.1, 0.15) is 21.5 Å². The summed E-state index contributed by atoms with van der Waals surface area (Å²) in [5, 5.41) is 8.83. The van der Waals surface area contributed by atoms with Crippen LogP contribution in [0.4, 0.5) is 4.39 Å². The normalized spacial score (nSPS) is 10.4. The first-order chi connectivity index (χ1) is 9.43. The van der Waals surface area contributed by atoms with Gasteiger partial charge in [0.2, 0.25) is 0 Å². The summed E-state index contributed by atoms with van der Waals surface area (Å²) >= 11 is 0. The summed E-state index contributed by atoms with van der Waals surface area (Å²) in [6.07, 6.45) is 0. The van der Waals surface area contributed by atoms with Crippen molar-refractivity contribution < 1.29 is 19.0 Å². The van der Waals surface area contributed by atoms with Crippen molar-refractivity contribution in [3.8, 4) is 16.9 Å². The molecule has 0 saturated carbocycles. The Hall–Kier alpha value is -2.36. The van der Waals surface area contributed by atoms with Crippen molar-refractivity contribution in [2.24, 2.45) is 0 Å². The van der Waals surface area contributed by atoms with Crippen LogP contribution in [-0.4, -0.2) is 18.2 Å². The topological polar surface area (TPSA) is 46.5 Å². The van der Waals surface area contributed by atoms with E-state index in [1.54, 1.807) is 13.2 Å². The van der Waals surface area contributed by atoms with Crippen molar-refractivity contribution in [3.63, 3.8) is 0 Å². The highest BCUT2D eigenvalue weighted by Gasteiger charge is 2.12. The fraction of sp³-hybridized carbons (Fsp3) is 0.188. The third-order valence-corrected chi connectivity index (χ3v) is 3.20. The molecule has 3 nitrogen and oxygen atoms in total. The quantitative estimate of drug-likeness (QED) is 0.925. The molecule has 2 rings (SSSR count). The van der Waals surface area contributed by atoms with Gasteiger partial charge >= 0.3 is 5.97 Å². The summed E-state index contributed by atoms with van der Waals surface area (Å²) in [6.45, 7) is 3.83. The van der Waals surface area contributed by atoms with E-state index in [9.17, 15) is 9.18 Å². The number of carboxylic acid groups (broad SMARTS) is 1. The van der Waals surface area contributed by atoms with Crippen molar-refractivity contribution in [1.29, 1.82) is 0 Å². The number of halogens is 1. The van der Waals surface area contributed by atoms with Gasteiger partial charge < -0.3 is 9.84 Å². The van der Waals surface area contributed by atoms with Crippen LogP contribution in [-0.2, 0) is 0 Å². The molecule has 104 valence electrons. The van der Waals surface area contributed by atoms with E-state index >= 15 is 0 Å². The summed E-state index contributed by atoms with van der Waals surface area (Å²) in [4.78, 5) is 10.8. The second kappa shape index (κ2) is 5.33. The molecule has 0 aliphatic carbocycles. The molecule has 1 N–H and O–H groups in total. The number of aromatic carboxylic acids is 1. The second-order valence-corrected chi connectivity index (χ2v) is 4.64. The lowest BCUT2D eigenvalue weighted by Gasteiger charge is -2.12. The van der Waals surface area contributed by atoms with E-state index in [1.165, 1.54) is 12.1 Å². The van der Waals surface area contributed by atoms with Gasteiger partial charge in [-0.15, -0.1) is 0 Å². The standard InChI is InChI=1S/C16H15FO3/c1-9-6-12(7-10(2)15(9)20-3)11-4-5-13(16(18)19)14(17)8-11/h4-8H,1-3H3,(H,18,19). The minimum Gasteiger partial charge on any atom is -0.496 e. The number of carbonyl (C=O) groups is 1. The van der Waals surface area contributed by atoms with E-state index in [0.29, 0.717) is 5.56 Å². The van der Waals surface area contributed by atoms with Crippen molar-refractivity contribution in [2.75, 3.05) is 7.11 Å². The van der Waals surface area contributed by atoms with Crippen LogP contribution >= 0.6 is 0 Å². The zero-order valence-corrected chi connectivity index (χ0v) is 11.5. The van der Waals surface area contributed by atoms with E-state index in [-0.39, 0.29) is 5.56 Å². The Morgan fingerprint density at radius 3 is 2.15 bits per heavy atom. The minimum atomic E-state index is -1.27. The first-order valence-electron chi connectivity index (χ1n) is 6.12. The smallest absolute Gasteiger partial charge is 0.338 e. The highest BCUT2D eigenvalue weighted by atomic mass is 19.1. The molecule has 0 bridgehead atoms. The van der Waals surface area contributed by atoms with Crippen LogP contribution in [0.2, 0.25) is 0 Å². The Bertz CT molecular complexity index is 654. The molecule has 0 heterocycles. The van der Waals surface area contributed by atoms with Crippen molar-refractivity contribution in [1.82, 2.24) is 0 Å². The molecule has 2 aromatic rings. The van der Waals surface area contributed by atoms with Crippen LogP contribution in [0.3, 0.4) is 0 Å². The van der Waals surface area contributed by atoms with E-state index in [2.05, 4.69) is 0 Å². The van der Waals surface area contributed by atoms with Crippen LogP contribution in [0.15, 0.2) is 30.3 Å². The summed E-state index contributed by atoms with van der Waals surface area (Å²) < 4.78 is 19.0. The van der Waals surface area contributed by atoms with Gasteiger partial charge in [0.25, 0.3) is 0 Å². The highest BCUT2D eigenvalue weighted by Crippen LogP contribution is 2.30. The Morgan fingerprint density at radius 1 is 1.10 bits per heavy atom. The van der Waals surface area contributed by atoms with Crippen LogP contribution < -0.4 is 4.74 Å². The zero-order valence-electron chi connectivity index (χ0n) is 11.5. The summed E-state index contributed by atoms with van der Waals surface area (Å²) in [5.41, 5.74) is 3.05. The Kier molecular flexibility index (Phi) is 3.74. The third kappa shape index (κ3) is 2.50. The number of benzene rings is 2. The largest absolute Gasteiger partial charge is 0.496 e. The highest BCUT2D eigenvalue weighted by molar-refractivity contribution is 5.88. The zero-order chi connectivity index (χ0) is 14.9. The SMILES string of the molecule is COc1c(C)cc(-c2ccc(C(=O)O)c(F)c2)cc1C. The number of hydrogen-bond acceptors (Lipinski definition) is 2. The van der Waals surface area contributed by atoms with Gasteiger partial charge in [0, 0.05) is 0 Å². The van der Waals surface area contributed by atoms with Gasteiger partial charge in [-0.05, 0) is 60.4 Å². The minimum absolute atomic E-state index is 0.323. The molecule has 0 unspecified atom stereocenters. The van der Waals surface area contributed by atoms with E-state index in [1.807, 2.05) is 26.0 Å².